The summed E-state index contributed by atoms with van der Waals surface area (Å²) in [6, 6.07) is 8.06. The average molecular weight is 329 g/mol. The normalized spacial score (nSPS) is 24.6. The van der Waals surface area contributed by atoms with Gasteiger partial charge in [0.15, 0.2) is 9.84 Å². The lowest BCUT2D eigenvalue weighted by atomic mass is 10.2. The van der Waals surface area contributed by atoms with Crippen molar-refractivity contribution in [2.24, 2.45) is 5.92 Å². The molecule has 1 heterocycles. The van der Waals surface area contributed by atoms with Crippen LogP contribution in [0.3, 0.4) is 0 Å². The van der Waals surface area contributed by atoms with Crippen LogP contribution in [0.4, 0.5) is 0 Å². The zero-order valence-electron chi connectivity index (χ0n) is 12.5. The van der Waals surface area contributed by atoms with E-state index in [2.05, 4.69) is 31.3 Å². The Morgan fingerprint density at radius 2 is 2.14 bits per heavy atom. The third-order valence-corrected chi connectivity index (χ3v) is 6.58. The number of sulfone groups is 1. The maximum Gasteiger partial charge on any atom is 0.154 e. The Bertz CT molecular complexity index is 572. The van der Waals surface area contributed by atoms with Crippen LogP contribution in [0, 0.1) is 5.92 Å². The van der Waals surface area contributed by atoms with E-state index in [1.165, 1.54) is 17.3 Å². The summed E-state index contributed by atoms with van der Waals surface area (Å²) >= 11 is 1.46. The highest BCUT2D eigenvalue weighted by Crippen LogP contribution is 2.31. The van der Waals surface area contributed by atoms with Gasteiger partial charge in [-0.25, -0.2) is 8.42 Å². The molecule has 0 bridgehead atoms. The first-order chi connectivity index (χ1) is 9.85. The molecule has 118 valence electrons. The van der Waals surface area contributed by atoms with Gasteiger partial charge in [-0.1, -0.05) is 26.0 Å². The topological polar surface area (TPSA) is 66.4 Å². The molecule has 4 nitrogen and oxygen atoms in total. The molecular formula is C15H23NO3S2. The van der Waals surface area contributed by atoms with E-state index in [0.717, 1.165) is 18.0 Å². The van der Waals surface area contributed by atoms with Gasteiger partial charge in [0.1, 0.15) is 0 Å². The Morgan fingerprint density at radius 1 is 1.38 bits per heavy atom. The summed E-state index contributed by atoms with van der Waals surface area (Å²) < 4.78 is 23.1. The average Bonchev–Trinajstić information content (AvgIpc) is 2.62. The largest absolute Gasteiger partial charge is 0.391 e. The lowest BCUT2D eigenvalue weighted by Gasteiger charge is -2.13. The number of hydrogen-bond donors (Lipinski definition) is 2. The molecule has 2 rings (SSSR count). The first-order valence-electron chi connectivity index (χ1n) is 7.20. The third-order valence-electron chi connectivity index (χ3n) is 3.34. The van der Waals surface area contributed by atoms with Crippen molar-refractivity contribution in [3.05, 3.63) is 29.8 Å². The Morgan fingerprint density at radius 3 is 2.76 bits per heavy atom. The molecule has 1 aliphatic rings. The number of rotatable bonds is 6. The number of aliphatic hydroxyl groups excluding tert-OH is 1. The van der Waals surface area contributed by atoms with Crippen molar-refractivity contribution in [2.45, 2.75) is 36.6 Å². The molecule has 0 saturated carbocycles. The summed E-state index contributed by atoms with van der Waals surface area (Å²) in [7, 11) is -3.08. The lowest BCUT2D eigenvalue weighted by Crippen LogP contribution is -2.20. The van der Waals surface area contributed by atoms with Crippen molar-refractivity contribution in [3.63, 3.8) is 0 Å². The summed E-state index contributed by atoms with van der Waals surface area (Å²) in [6.07, 6.45) is -0.761. The van der Waals surface area contributed by atoms with E-state index in [-0.39, 0.29) is 16.8 Å². The fourth-order valence-electron chi connectivity index (χ4n) is 2.32. The molecule has 6 heteroatoms. The highest BCUT2D eigenvalue weighted by molar-refractivity contribution is 8.02. The Kier molecular flexibility index (Phi) is 5.71. The molecule has 1 saturated heterocycles. The van der Waals surface area contributed by atoms with Gasteiger partial charge in [-0.15, -0.1) is 11.8 Å². The van der Waals surface area contributed by atoms with E-state index >= 15 is 0 Å². The van der Waals surface area contributed by atoms with Gasteiger partial charge in [0.25, 0.3) is 0 Å². The van der Waals surface area contributed by atoms with Crippen LogP contribution in [0.5, 0.6) is 0 Å². The fourth-order valence-corrected chi connectivity index (χ4v) is 5.93. The Hall–Kier alpha value is -0.560. The summed E-state index contributed by atoms with van der Waals surface area (Å²) in [4.78, 5) is 1.01. The van der Waals surface area contributed by atoms with Gasteiger partial charge < -0.3 is 10.4 Å². The second kappa shape index (κ2) is 7.13. The van der Waals surface area contributed by atoms with Crippen LogP contribution in [-0.4, -0.2) is 42.9 Å². The van der Waals surface area contributed by atoms with E-state index in [9.17, 15) is 13.5 Å². The van der Waals surface area contributed by atoms with Crippen molar-refractivity contribution >= 4 is 21.6 Å². The summed E-state index contributed by atoms with van der Waals surface area (Å²) in [5.74, 6) is 0.566. The van der Waals surface area contributed by atoms with E-state index < -0.39 is 15.9 Å². The van der Waals surface area contributed by atoms with Gasteiger partial charge in [-0.05, 0) is 30.2 Å². The zero-order valence-corrected chi connectivity index (χ0v) is 14.1. The third kappa shape index (κ3) is 5.29. The van der Waals surface area contributed by atoms with Gasteiger partial charge in [-0.3, -0.25) is 0 Å². The van der Waals surface area contributed by atoms with Crippen LogP contribution in [-0.2, 0) is 16.4 Å². The number of benzene rings is 1. The molecule has 1 fully saturated rings. The van der Waals surface area contributed by atoms with Gasteiger partial charge >= 0.3 is 0 Å². The summed E-state index contributed by atoms with van der Waals surface area (Å²) in [5.41, 5.74) is 1.18. The molecule has 0 spiro atoms. The smallest absolute Gasteiger partial charge is 0.154 e. The molecule has 1 aromatic carbocycles. The molecule has 0 aromatic heterocycles. The molecule has 0 aliphatic carbocycles. The van der Waals surface area contributed by atoms with Crippen molar-refractivity contribution in [1.82, 2.24) is 5.32 Å². The van der Waals surface area contributed by atoms with E-state index in [1.807, 2.05) is 12.1 Å². The highest BCUT2D eigenvalue weighted by atomic mass is 32.2. The minimum atomic E-state index is -3.08. The second-order valence-electron chi connectivity index (χ2n) is 5.97. The number of nitrogens with one attached hydrogen (secondary N) is 1. The highest BCUT2D eigenvalue weighted by Gasteiger charge is 2.36. The van der Waals surface area contributed by atoms with Crippen LogP contribution in [0.1, 0.15) is 19.4 Å². The van der Waals surface area contributed by atoms with Gasteiger partial charge in [0, 0.05) is 11.4 Å². The maximum atomic E-state index is 11.5. The summed E-state index contributed by atoms with van der Waals surface area (Å²) in [6.45, 7) is 6.11. The summed E-state index contributed by atoms with van der Waals surface area (Å²) in [5, 5.41) is 13.0. The molecule has 2 unspecified atom stereocenters. The van der Waals surface area contributed by atoms with E-state index in [4.69, 9.17) is 0 Å². The molecule has 21 heavy (non-hydrogen) atoms. The maximum absolute atomic E-state index is 11.5. The minimum absolute atomic E-state index is 0.0641. The van der Waals surface area contributed by atoms with Gasteiger partial charge in [-0.2, -0.15) is 0 Å². The molecule has 2 N–H and O–H groups in total. The van der Waals surface area contributed by atoms with Crippen LogP contribution < -0.4 is 5.32 Å². The standard InChI is InChI=1S/C15H23NO3S2/c1-11(2)7-16-8-12-4-3-5-13(6-12)20-15-10-21(18,19)9-14(15)17/h3-6,11,14-17H,7-10H2,1-2H3. The van der Waals surface area contributed by atoms with E-state index in [1.54, 1.807) is 0 Å². The fraction of sp³-hybridized carbons (Fsp3) is 0.600. The monoisotopic (exact) mass is 329 g/mol. The minimum Gasteiger partial charge on any atom is -0.391 e. The number of thioether (sulfide) groups is 1. The van der Waals surface area contributed by atoms with Crippen molar-refractivity contribution < 1.29 is 13.5 Å². The Labute approximate surface area is 131 Å². The second-order valence-corrected chi connectivity index (χ2v) is 9.44. The molecular weight excluding hydrogens is 306 g/mol. The lowest BCUT2D eigenvalue weighted by molar-refractivity contribution is 0.207. The molecule has 1 aromatic rings. The van der Waals surface area contributed by atoms with Crippen LogP contribution >= 0.6 is 11.8 Å². The zero-order chi connectivity index (χ0) is 15.5. The SMILES string of the molecule is CC(C)CNCc1cccc(SC2CS(=O)(=O)CC2O)c1. The van der Waals surface area contributed by atoms with Gasteiger partial charge in [0.2, 0.25) is 0 Å². The number of aliphatic hydroxyl groups is 1. The number of hydrogen-bond acceptors (Lipinski definition) is 5. The van der Waals surface area contributed by atoms with Crippen LogP contribution in [0.2, 0.25) is 0 Å². The molecule has 0 amide bonds. The predicted molar refractivity (Wildman–Crippen MR) is 87.3 cm³/mol. The van der Waals surface area contributed by atoms with E-state index in [0.29, 0.717) is 5.92 Å². The molecule has 0 radical (unpaired) electrons. The Balaban J connectivity index is 1.95. The quantitative estimate of drug-likeness (QED) is 0.831. The predicted octanol–water partition coefficient (Wildman–Crippen LogP) is 1.68. The molecule has 2 atom stereocenters. The molecule has 1 aliphatic heterocycles. The van der Waals surface area contributed by atoms with Crippen molar-refractivity contribution in [3.8, 4) is 0 Å². The van der Waals surface area contributed by atoms with Crippen molar-refractivity contribution in [2.75, 3.05) is 18.1 Å². The van der Waals surface area contributed by atoms with Crippen LogP contribution in [0.25, 0.3) is 0 Å². The first-order valence-corrected chi connectivity index (χ1v) is 9.90. The first kappa shape index (κ1) is 16.8. The van der Waals surface area contributed by atoms with Gasteiger partial charge in [0.05, 0.1) is 22.9 Å². The van der Waals surface area contributed by atoms with Crippen molar-refractivity contribution in [1.29, 1.82) is 0 Å². The van der Waals surface area contributed by atoms with Crippen LogP contribution in [0.15, 0.2) is 29.2 Å².